The maximum Gasteiger partial charge on any atom is 0.253 e. The van der Waals surface area contributed by atoms with Crippen LogP contribution in [0.15, 0.2) is 54.6 Å². The van der Waals surface area contributed by atoms with Gasteiger partial charge in [-0.3, -0.25) is 4.79 Å². The van der Waals surface area contributed by atoms with Gasteiger partial charge in [0.1, 0.15) is 6.10 Å². The van der Waals surface area contributed by atoms with Gasteiger partial charge in [0.25, 0.3) is 5.91 Å². The van der Waals surface area contributed by atoms with Gasteiger partial charge in [-0.15, -0.1) is 0 Å². The second-order valence-corrected chi connectivity index (χ2v) is 5.62. The van der Waals surface area contributed by atoms with Crippen molar-refractivity contribution in [3.8, 4) is 0 Å². The number of amides is 1. The Balaban J connectivity index is 1.56. The minimum absolute atomic E-state index is 0.00296. The van der Waals surface area contributed by atoms with Gasteiger partial charge in [0.2, 0.25) is 0 Å². The molecule has 0 unspecified atom stereocenters. The summed E-state index contributed by atoms with van der Waals surface area (Å²) in [7, 11) is 0. The van der Waals surface area contributed by atoms with E-state index >= 15 is 0 Å². The molecule has 0 aromatic heterocycles. The van der Waals surface area contributed by atoms with E-state index in [1.165, 1.54) is 0 Å². The zero-order valence-electron chi connectivity index (χ0n) is 12.9. The molecule has 1 fully saturated rings. The SMILES string of the molecule is NC[C@H]1CC[C@@H](C(=O)Nc2ccc(Nc3ccccc3)cc2)O1. The number of hydrogen-bond acceptors (Lipinski definition) is 4. The highest BCUT2D eigenvalue weighted by Gasteiger charge is 2.29. The Morgan fingerprint density at radius 1 is 1.00 bits per heavy atom. The Kier molecular flexibility index (Phi) is 4.90. The lowest BCUT2D eigenvalue weighted by Gasteiger charge is -2.13. The molecule has 1 saturated heterocycles. The maximum absolute atomic E-state index is 12.2. The number of rotatable bonds is 5. The summed E-state index contributed by atoms with van der Waals surface area (Å²) in [6.45, 7) is 0.462. The first-order chi connectivity index (χ1) is 11.2. The first kappa shape index (κ1) is 15.5. The lowest BCUT2D eigenvalue weighted by atomic mass is 10.2. The van der Waals surface area contributed by atoms with Gasteiger partial charge < -0.3 is 21.1 Å². The van der Waals surface area contributed by atoms with Gasteiger partial charge in [-0.2, -0.15) is 0 Å². The Bertz CT molecular complexity index is 643. The summed E-state index contributed by atoms with van der Waals surface area (Å²) in [5.41, 5.74) is 8.31. The van der Waals surface area contributed by atoms with Crippen LogP contribution in [0.3, 0.4) is 0 Å². The van der Waals surface area contributed by atoms with E-state index < -0.39 is 6.10 Å². The number of nitrogens with two attached hydrogens (primary N) is 1. The predicted octanol–water partition coefficient (Wildman–Crippen LogP) is 2.88. The molecule has 1 aliphatic rings. The largest absolute Gasteiger partial charge is 0.364 e. The van der Waals surface area contributed by atoms with Crippen LogP contribution >= 0.6 is 0 Å². The molecule has 3 rings (SSSR count). The third kappa shape index (κ3) is 4.09. The normalized spacial score (nSPS) is 20.2. The van der Waals surface area contributed by atoms with Crippen LogP contribution in [0.4, 0.5) is 17.1 Å². The number of carbonyl (C=O) groups is 1. The standard InChI is InChI=1S/C18H21N3O2/c19-12-16-10-11-17(23-16)18(22)21-15-8-6-14(7-9-15)20-13-4-2-1-3-5-13/h1-9,16-17,20H,10-12,19H2,(H,21,22)/t16-,17+/m1/s1. The highest BCUT2D eigenvalue weighted by Crippen LogP contribution is 2.22. The van der Waals surface area contributed by atoms with Crippen LogP contribution in [0.5, 0.6) is 0 Å². The summed E-state index contributed by atoms with van der Waals surface area (Å²) in [4.78, 5) is 12.2. The van der Waals surface area contributed by atoms with Gasteiger partial charge in [0.15, 0.2) is 0 Å². The van der Waals surface area contributed by atoms with Gasteiger partial charge in [-0.25, -0.2) is 0 Å². The lowest BCUT2D eigenvalue weighted by molar-refractivity contribution is -0.126. The van der Waals surface area contributed by atoms with Gasteiger partial charge in [-0.1, -0.05) is 18.2 Å². The fraction of sp³-hybridized carbons (Fsp3) is 0.278. The summed E-state index contributed by atoms with van der Waals surface area (Å²) >= 11 is 0. The number of benzene rings is 2. The second kappa shape index (κ2) is 7.26. The highest BCUT2D eigenvalue weighted by atomic mass is 16.5. The van der Waals surface area contributed by atoms with E-state index in [1.807, 2.05) is 54.6 Å². The molecule has 2 aromatic rings. The first-order valence-corrected chi connectivity index (χ1v) is 7.83. The molecule has 23 heavy (non-hydrogen) atoms. The Labute approximate surface area is 135 Å². The van der Waals surface area contributed by atoms with Gasteiger partial charge >= 0.3 is 0 Å². The number of carbonyl (C=O) groups excluding carboxylic acids is 1. The third-order valence-corrected chi connectivity index (χ3v) is 3.88. The van der Waals surface area contributed by atoms with Gasteiger partial charge in [-0.05, 0) is 49.2 Å². The van der Waals surface area contributed by atoms with Crippen molar-refractivity contribution >= 4 is 23.0 Å². The third-order valence-electron chi connectivity index (χ3n) is 3.88. The van der Waals surface area contributed by atoms with E-state index in [0.29, 0.717) is 6.54 Å². The van der Waals surface area contributed by atoms with E-state index in [4.69, 9.17) is 10.5 Å². The molecule has 2 aromatic carbocycles. The number of ether oxygens (including phenoxy) is 1. The zero-order valence-corrected chi connectivity index (χ0v) is 12.9. The van der Waals surface area contributed by atoms with E-state index in [1.54, 1.807) is 0 Å². The zero-order chi connectivity index (χ0) is 16.1. The minimum atomic E-state index is -0.398. The number of nitrogens with one attached hydrogen (secondary N) is 2. The van der Waals surface area contributed by atoms with Crippen molar-refractivity contribution in [1.29, 1.82) is 0 Å². The quantitative estimate of drug-likeness (QED) is 0.793. The Morgan fingerprint density at radius 3 is 2.30 bits per heavy atom. The number of anilines is 3. The number of para-hydroxylation sites is 1. The Hall–Kier alpha value is -2.37. The van der Waals surface area contributed by atoms with Crippen molar-refractivity contribution in [2.75, 3.05) is 17.2 Å². The lowest BCUT2D eigenvalue weighted by Crippen LogP contribution is -2.29. The maximum atomic E-state index is 12.2. The molecule has 0 aliphatic carbocycles. The summed E-state index contributed by atoms with van der Waals surface area (Å²) in [5, 5.41) is 6.19. The molecule has 120 valence electrons. The fourth-order valence-corrected chi connectivity index (χ4v) is 2.62. The predicted molar refractivity (Wildman–Crippen MR) is 91.7 cm³/mol. The molecule has 2 atom stereocenters. The molecular weight excluding hydrogens is 290 g/mol. The Morgan fingerprint density at radius 2 is 1.65 bits per heavy atom. The average molecular weight is 311 g/mol. The van der Waals surface area contributed by atoms with Crippen LogP contribution in [0.25, 0.3) is 0 Å². The van der Waals surface area contributed by atoms with E-state index in [-0.39, 0.29) is 12.0 Å². The van der Waals surface area contributed by atoms with Crippen molar-refractivity contribution in [1.82, 2.24) is 0 Å². The molecule has 1 heterocycles. The van der Waals surface area contributed by atoms with Crippen LogP contribution in [0.2, 0.25) is 0 Å². The van der Waals surface area contributed by atoms with Crippen molar-refractivity contribution in [2.45, 2.75) is 25.0 Å². The van der Waals surface area contributed by atoms with Crippen LogP contribution in [-0.4, -0.2) is 24.7 Å². The molecule has 5 nitrogen and oxygen atoms in total. The van der Waals surface area contributed by atoms with Crippen LogP contribution in [0, 0.1) is 0 Å². The molecule has 1 aliphatic heterocycles. The number of hydrogen-bond donors (Lipinski definition) is 3. The van der Waals surface area contributed by atoms with E-state index in [0.717, 1.165) is 29.9 Å². The smallest absolute Gasteiger partial charge is 0.253 e. The molecule has 4 N–H and O–H groups in total. The van der Waals surface area contributed by atoms with Crippen LogP contribution in [0.1, 0.15) is 12.8 Å². The van der Waals surface area contributed by atoms with E-state index in [2.05, 4.69) is 10.6 Å². The summed E-state index contributed by atoms with van der Waals surface area (Å²) in [6, 6.07) is 17.5. The fourth-order valence-electron chi connectivity index (χ4n) is 2.62. The molecule has 1 amide bonds. The molecule has 0 bridgehead atoms. The monoisotopic (exact) mass is 311 g/mol. The molecule has 0 spiro atoms. The van der Waals surface area contributed by atoms with Crippen molar-refractivity contribution in [3.63, 3.8) is 0 Å². The minimum Gasteiger partial charge on any atom is -0.364 e. The van der Waals surface area contributed by atoms with Crippen molar-refractivity contribution in [3.05, 3.63) is 54.6 Å². The first-order valence-electron chi connectivity index (χ1n) is 7.83. The summed E-state index contributed by atoms with van der Waals surface area (Å²) in [6.07, 6.45) is 1.17. The van der Waals surface area contributed by atoms with Crippen molar-refractivity contribution < 1.29 is 9.53 Å². The second-order valence-electron chi connectivity index (χ2n) is 5.62. The molecular formula is C18H21N3O2. The van der Waals surface area contributed by atoms with E-state index in [9.17, 15) is 4.79 Å². The van der Waals surface area contributed by atoms with Gasteiger partial charge in [0.05, 0.1) is 6.10 Å². The van der Waals surface area contributed by atoms with Crippen LogP contribution in [-0.2, 0) is 9.53 Å². The molecule has 0 saturated carbocycles. The highest BCUT2D eigenvalue weighted by molar-refractivity contribution is 5.94. The molecule has 0 radical (unpaired) electrons. The molecule has 5 heteroatoms. The summed E-state index contributed by atoms with van der Waals surface area (Å²) < 4.78 is 5.60. The van der Waals surface area contributed by atoms with Crippen molar-refractivity contribution in [2.24, 2.45) is 5.73 Å². The van der Waals surface area contributed by atoms with Gasteiger partial charge in [0, 0.05) is 23.6 Å². The van der Waals surface area contributed by atoms with Crippen LogP contribution < -0.4 is 16.4 Å². The summed E-state index contributed by atoms with van der Waals surface area (Å²) in [5.74, 6) is -0.107. The average Bonchev–Trinajstić information content (AvgIpc) is 3.07. The topological polar surface area (TPSA) is 76.4 Å².